The Morgan fingerprint density at radius 1 is 1.05 bits per heavy atom. The lowest BCUT2D eigenvalue weighted by atomic mass is 9.97. The first-order chi connectivity index (χ1) is 9.10. The minimum atomic E-state index is 0.671. The summed E-state index contributed by atoms with van der Waals surface area (Å²) < 4.78 is 3.45. The number of fused-ring (bicyclic) bond motifs is 2. The molecule has 1 aromatic carbocycles. The van der Waals surface area contributed by atoms with Gasteiger partial charge in [-0.05, 0) is 76.7 Å². The van der Waals surface area contributed by atoms with Crippen molar-refractivity contribution in [1.29, 1.82) is 0 Å². The molecule has 5 heteroatoms. The van der Waals surface area contributed by atoms with Gasteiger partial charge < -0.3 is 10.2 Å². The van der Waals surface area contributed by atoms with Crippen molar-refractivity contribution < 1.29 is 0 Å². The number of halogens is 3. The molecule has 0 spiro atoms. The first-order valence-electron chi connectivity index (χ1n) is 6.70. The molecule has 0 radical (unpaired) electrons. The average molecular weight is 453 g/mol. The maximum absolute atomic E-state index is 3.73. The van der Waals surface area contributed by atoms with Crippen LogP contribution in [0.2, 0.25) is 0 Å². The molecule has 104 valence electrons. The Balaban J connectivity index is 1.96. The van der Waals surface area contributed by atoms with Crippen LogP contribution in [0.3, 0.4) is 0 Å². The molecule has 1 aromatic rings. The van der Waals surface area contributed by atoms with E-state index in [9.17, 15) is 0 Å². The van der Waals surface area contributed by atoms with Gasteiger partial charge in [-0.15, -0.1) is 0 Å². The van der Waals surface area contributed by atoms with Crippen LogP contribution < -0.4 is 10.2 Å². The lowest BCUT2D eigenvalue weighted by molar-refractivity contribution is 0.373. The fourth-order valence-corrected chi connectivity index (χ4v) is 6.23. The molecule has 2 atom stereocenters. The predicted molar refractivity (Wildman–Crippen MR) is 90.9 cm³/mol. The summed E-state index contributed by atoms with van der Waals surface area (Å²) in [6.07, 6.45) is 5.14. The maximum atomic E-state index is 3.73. The zero-order valence-corrected chi connectivity index (χ0v) is 15.6. The van der Waals surface area contributed by atoms with Crippen molar-refractivity contribution in [3.63, 3.8) is 0 Å². The molecule has 1 N–H and O–H groups in total. The molecule has 19 heavy (non-hydrogen) atoms. The van der Waals surface area contributed by atoms with Crippen molar-refractivity contribution in [2.24, 2.45) is 0 Å². The van der Waals surface area contributed by atoms with E-state index in [2.05, 4.69) is 77.2 Å². The molecule has 0 aliphatic carbocycles. The number of hydrogen-bond acceptors (Lipinski definition) is 2. The number of benzene rings is 1. The SMILES string of the molecule is CNC1CC2CCC(C1)N2c1c(Br)cc(Br)cc1Br. The van der Waals surface area contributed by atoms with E-state index in [4.69, 9.17) is 0 Å². The van der Waals surface area contributed by atoms with Crippen LogP contribution in [0.1, 0.15) is 25.7 Å². The lowest BCUT2D eigenvalue weighted by Gasteiger charge is -2.41. The summed E-state index contributed by atoms with van der Waals surface area (Å²) in [5.74, 6) is 0. The van der Waals surface area contributed by atoms with E-state index in [1.807, 2.05) is 0 Å². The second-order valence-electron chi connectivity index (χ2n) is 5.47. The number of rotatable bonds is 2. The standard InChI is InChI=1S/C14H17Br3N2/c1-18-9-6-10-2-3-11(7-9)19(10)14-12(16)4-8(15)5-13(14)17/h4-5,9-11,18H,2-3,6-7H2,1H3. The Hall–Kier alpha value is 0.420. The smallest absolute Gasteiger partial charge is 0.0660 e. The van der Waals surface area contributed by atoms with Crippen LogP contribution >= 0.6 is 47.8 Å². The fraction of sp³-hybridized carbons (Fsp3) is 0.571. The molecule has 0 saturated carbocycles. The summed E-state index contributed by atoms with van der Waals surface area (Å²) in [4.78, 5) is 2.63. The zero-order valence-electron chi connectivity index (χ0n) is 10.8. The van der Waals surface area contributed by atoms with E-state index >= 15 is 0 Å². The highest BCUT2D eigenvalue weighted by Gasteiger charge is 2.41. The molecule has 2 aliphatic rings. The average Bonchev–Trinajstić information content (AvgIpc) is 2.60. The summed E-state index contributed by atoms with van der Waals surface area (Å²) in [5.41, 5.74) is 1.32. The van der Waals surface area contributed by atoms with Gasteiger partial charge in [-0.2, -0.15) is 0 Å². The van der Waals surface area contributed by atoms with Crippen LogP contribution in [0.4, 0.5) is 5.69 Å². The van der Waals surface area contributed by atoms with Gasteiger partial charge in [0, 0.05) is 31.5 Å². The van der Waals surface area contributed by atoms with Crippen LogP contribution in [-0.4, -0.2) is 25.2 Å². The first kappa shape index (κ1) is 14.4. The summed E-state index contributed by atoms with van der Waals surface area (Å²) in [5, 5.41) is 3.46. The Kier molecular flexibility index (Phi) is 4.28. The van der Waals surface area contributed by atoms with Gasteiger partial charge in [-0.3, -0.25) is 0 Å². The number of hydrogen-bond donors (Lipinski definition) is 1. The zero-order chi connectivity index (χ0) is 13.6. The number of piperidine rings is 1. The van der Waals surface area contributed by atoms with Crippen molar-refractivity contribution >= 4 is 53.5 Å². The molecule has 2 saturated heterocycles. The molecule has 2 nitrogen and oxygen atoms in total. The highest BCUT2D eigenvalue weighted by Crippen LogP contribution is 2.46. The monoisotopic (exact) mass is 450 g/mol. The van der Waals surface area contributed by atoms with Gasteiger partial charge in [0.2, 0.25) is 0 Å². The maximum Gasteiger partial charge on any atom is 0.0660 e. The third-order valence-electron chi connectivity index (χ3n) is 4.38. The number of anilines is 1. The van der Waals surface area contributed by atoms with Gasteiger partial charge in [-0.1, -0.05) is 15.9 Å². The van der Waals surface area contributed by atoms with Gasteiger partial charge in [0.05, 0.1) is 5.69 Å². The quantitative estimate of drug-likeness (QED) is 0.700. The van der Waals surface area contributed by atoms with Gasteiger partial charge in [0.25, 0.3) is 0 Å². The van der Waals surface area contributed by atoms with Crippen LogP contribution in [0.15, 0.2) is 25.6 Å². The second-order valence-corrected chi connectivity index (χ2v) is 8.09. The van der Waals surface area contributed by atoms with E-state index < -0.39 is 0 Å². The molecule has 0 amide bonds. The van der Waals surface area contributed by atoms with Gasteiger partial charge in [-0.25, -0.2) is 0 Å². The third-order valence-corrected chi connectivity index (χ3v) is 6.05. The van der Waals surface area contributed by atoms with Gasteiger partial charge in [0.15, 0.2) is 0 Å². The largest absolute Gasteiger partial charge is 0.364 e. The summed E-state index contributed by atoms with van der Waals surface area (Å²) in [7, 11) is 2.09. The second kappa shape index (κ2) is 5.66. The molecule has 2 fully saturated rings. The molecule has 2 heterocycles. The van der Waals surface area contributed by atoms with Gasteiger partial charge in [0.1, 0.15) is 0 Å². The van der Waals surface area contributed by atoms with Crippen molar-refractivity contribution in [1.82, 2.24) is 5.32 Å². The Morgan fingerprint density at radius 3 is 2.05 bits per heavy atom. The topological polar surface area (TPSA) is 15.3 Å². The Bertz CT molecular complexity index is 455. The van der Waals surface area contributed by atoms with E-state index in [-0.39, 0.29) is 0 Å². The highest BCUT2D eigenvalue weighted by atomic mass is 79.9. The van der Waals surface area contributed by atoms with Gasteiger partial charge >= 0.3 is 0 Å². The van der Waals surface area contributed by atoms with E-state index in [1.165, 1.54) is 40.3 Å². The van der Waals surface area contributed by atoms with Crippen LogP contribution in [0, 0.1) is 0 Å². The summed E-state index contributed by atoms with van der Waals surface area (Å²) in [6.45, 7) is 0. The third kappa shape index (κ3) is 2.63. The molecular weight excluding hydrogens is 436 g/mol. The van der Waals surface area contributed by atoms with Crippen molar-refractivity contribution in [3.8, 4) is 0 Å². The van der Waals surface area contributed by atoms with Crippen molar-refractivity contribution in [2.75, 3.05) is 11.9 Å². The Labute approximate surface area is 139 Å². The van der Waals surface area contributed by atoms with E-state index in [0.717, 1.165) is 4.47 Å². The van der Waals surface area contributed by atoms with E-state index in [1.54, 1.807) is 0 Å². The minimum absolute atomic E-state index is 0.671. The highest BCUT2D eigenvalue weighted by molar-refractivity contribution is 9.11. The number of nitrogens with zero attached hydrogens (tertiary/aromatic N) is 1. The predicted octanol–water partition coefficient (Wildman–Crippen LogP) is 4.69. The molecule has 2 aliphatic heterocycles. The Morgan fingerprint density at radius 2 is 1.58 bits per heavy atom. The first-order valence-corrected chi connectivity index (χ1v) is 9.08. The molecule has 3 rings (SSSR count). The van der Waals surface area contributed by atoms with Crippen molar-refractivity contribution in [2.45, 2.75) is 43.8 Å². The fourth-order valence-electron chi connectivity index (χ4n) is 3.56. The van der Waals surface area contributed by atoms with Crippen LogP contribution in [0.5, 0.6) is 0 Å². The summed E-state index contributed by atoms with van der Waals surface area (Å²) in [6, 6.07) is 6.31. The lowest BCUT2D eigenvalue weighted by Crippen LogP contribution is -2.48. The minimum Gasteiger partial charge on any atom is -0.364 e. The normalized spacial score (nSPS) is 29.9. The number of nitrogens with one attached hydrogen (secondary N) is 1. The van der Waals surface area contributed by atoms with E-state index in [0.29, 0.717) is 18.1 Å². The summed E-state index contributed by atoms with van der Waals surface area (Å²) >= 11 is 11.0. The van der Waals surface area contributed by atoms with Crippen LogP contribution in [-0.2, 0) is 0 Å². The molecular formula is C14H17Br3N2. The molecule has 0 aromatic heterocycles. The van der Waals surface area contributed by atoms with Crippen molar-refractivity contribution in [3.05, 3.63) is 25.6 Å². The molecule has 2 unspecified atom stereocenters. The van der Waals surface area contributed by atoms with Crippen LogP contribution in [0.25, 0.3) is 0 Å². The molecule has 2 bridgehead atoms.